The molecule has 0 radical (unpaired) electrons. The molecule has 0 saturated carbocycles. The van der Waals surface area contributed by atoms with Crippen molar-refractivity contribution in [1.82, 2.24) is 9.88 Å². The zero-order chi connectivity index (χ0) is 25.5. The van der Waals surface area contributed by atoms with Crippen molar-refractivity contribution < 1.29 is 14.3 Å². The van der Waals surface area contributed by atoms with E-state index in [1.807, 2.05) is 67.5 Å². The molecular weight excluding hydrogens is 470 g/mol. The lowest BCUT2D eigenvalue weighted by atomic mass is 9.88. The highest BCUT2D eigenvalue weighted by Crippen LogP contribution is 2.40. The van der Waals surface area contributed by atoms with Gasteiger partial charge in [-0.1, -0.05) is 72.0 Å². The number of methoxy groups -OCH3 is 2. The number of amides is 1. The van der Waals surface area contributed by atoms with E-state index in [1.165, 1.54) is 11.3 Å². The zero-order valence-corrected chi connectivity index (χ0v) is 22.1. The Hall–Kier alpha value is -3.42. The van der Waals surface area contributed by atoms with Crippen LogP contribution in [-0.2, 0) is 4.79 Å². The molecule has 0 aliphatic heterocycles. The van der Waals surface area contributed by atoms with Crippen molar-refractivity contribution in [1.29, 1.82) is 0 Å². The van der Waals surface area contributed by atoms with Crippen LogP contribution in [0, 0.1) is 0 Å². The van der Waals surface area contributed by atoms with Crippen LogP contribution in [0.25, 0.3) is 10.2 Å². The Kier molecular flexibility index (Phi) is 8.57. The summed E-state index contributed by atoms with van der Waals surface area (Å²) >= 11 is 1.47. The third-order valence-corrected chi connectivity index (χ3v) is 7.29. The maximum atomic E-state index is 14.0. The highest BCUT2D eigenvalue weighted by molar-refractivity contribution is 7.22. The van der Waals surface area contributed by atoms with Crippen molar-refractivity contribution in [3.05, 3.63) is 83.9 Å². The van der Waals surface area contributed by atoms with Gasteiger partial charge < -0.3 is 14.4 Å². The molecule has 0 aliphatic rings. The molecule has 7 heteroatoms. The molecule has 1 heterocycles. The molecule has 1 amide bonds. The van der Waals surface area contributed by atoms with Crippen molar-refractivity contribution >= 4 is 32.6 Å². The van der Waals surface area contributed by atoms with Gasteiger partial charge in [0, 0.05) is 18.9 Å². The molecule has 6 nitrogen and oxygen atoms in total. The van der Waals surface area contributed by atoms with Gasteiger partial charge in [0.2, 0.25) is 5.91 Å². The Morgan fingerprint density at radius 2 is 1.44 bits per heavy atom. The van der Waals surface area contributed by atoms with Crippen molar-refractivity contribution in [2.75, 3.05) is 46.3 Å². The first-order valence-corrected chi connectivity index (χ1v) is 12.9. The normalized spacial score (nSPS) is 11.3. The van der Waals surface area contributed by atoms with Gasteiger partial charge in [-0.15, -0.1) is 0 Å². The van der Waals surface area contributed by atoms with Crippen molar-refractivity contribution in [2.45, 2.75) is 18.8 Å². The van der Waals surface area contributed by atoms with E-state index in [-0.39, 0.29) is 11.8 Å². The summed E-state index contributed by atoms with van der Waals surface area (Å²) < 4.78 is 12.0. The van der Waals surface area contributed by atoms with Crippen molar-refractivity contribution in [2.24, 2.45) is 0 Å². The van der Waals surface area contributed by atoms with Gasteiger partial charge in [0.15, 0.2) is 5.13 Å². The molecule has 1 aromatic heterocycles. The predicted octanol–water partition coefficient (Wildman–Crippen LogP) is 5.82. The molecule has 0 saturated heterocycles. The lowest BCUT2D eigenvalue weighted by molar-refractivity contribution is -0.118. The molecule has 3 aromatic carbocycles. The minimum Gasteiger partial charge on any atom is -0.495 e. The molecule has 0 spiro atoms. The molecule has 0 atom stereocenters. The Balaban J connectivity index is 1.71. The van der Waals surface area contributed by atoms with E-state index < -0.39 is 0 Å². The second-order valence-corrected chi connectivity index (χ2v) is 9.90. The number of hydrogen-bond donors (Lipinski definition) is 0. The summed E-state index contributed by atoms with van der Waals surface area (Å²) in [5, 5.41) is 0.663. The minimum absolute atomic E-state index is 0.0449. The van der Waals surface area contributed by atoms with Crippen molar-refractivity contribution in [3.63, 3.8) is 0 Å². The van der Waals surface area contributed by atoms with Gasteiger partial charge in [0.25, 0.3) is 0 Å². The fourth-order valence-corrected chi connectivity index (χ4v) is 5.46. The molecule has 36 heavy (non-hydrogen) atoms. The van der Waals surface area contributed by atoms with Gasteiger partial charge >= 0.3 is 0 Å². The molecule has 0 unspecified atom stereocenters. The predicted molar refractivity (Wildman–Crippen MR) is 148 cm³/mol. The van der Waals surface area contributed by atoms with Crippen molar-refractivity contribution in [3.8, 4) is 11.5 Å². The van der Waals surface area contributed by atoms with E-state index in [1.54, 1.807) is 14.2 Å². The first kappa shape index (κ1) is 25.7. The van der Waals surface area contributed by atoms with Crippen LogP contribution in [0.4, 0.5) is 5.13 Å². The molecule has 0 fully saturated rings. The molecule has 0 bridgehead atoms. The summed E-state index contributed by atoms with van der Waals surface area (Å²) in [7, 11) is 7.36. The van der Waals surface area contributed by atoms with Crippen LogP contribution in [0.5, 0.6) is 11.5 Å². The number of thiazole rings is 1. The van der Waals surface area contributed by atoms with Gasteiger partial charge in [0.05, 0.1) is 14.2 Å². The summed E-state index contributed by atoms with van der Waals surface area (Å²) in [5.74, 6) is 1.39. The lowest BCUT2D eigenvalue weighted by Crippen LogP contribution is -2.34. The Morgan fingerprint density at radius 1 is 0.861 bits per heavy atom. The largest absolute Gasteiger partial charge is 0.495 e. The van der Waals surface area contributed by atoms with Gasteiger partial charge in [-0.3, -0.25) is 9.69 Å². The number of hydrogen-bond acceptors (Lipinski definition) is 6. The average molecular weight is 504 g/mol. The number of carbonyl (C=O) groups excluding carboxylic acids is 1. The molecule has 0 N–H and O–H groups in total. The molecule has 4 aromatic rings. The SMILES string of the molecule is COc1ccc(OC)c2sc(N(CCCN(C)C)C(=O)CC(c3ccccc3)c3ccccc3)nc12. The van der Waals surface area contributed by atoms with E-state index in [9.17, 15) is 4.79 Å². The summed E-state index contributed by atoms with van der Waals surface area (Å²) in [4.78, 5) is 22.8. The Morgan fingerprint density at radius 3 is 2.00 bits per heavy atom. The average Bonchev–Trinajstić information content (AvgIpc) is 3.35. The summed E-state index contributed by atoms with van der Waals surface area (Å²) in [6.45, 7) is 1.46. The lowest BCUT2D eigenvalue weighted by Gasteiger charge is -2.24. The third kappa shape index (κ3) is 5.86. The van der Waals surface area contributed by atoms with Gasteiger partial charge in [-0.25, -0.2) is 4.98 Å². The monoisotopic (exact) mass is 503 g/mol. The fourth-order valence-electron chi connectivity index (χ4n) is 4.35. The first-order chi connectivity index (χ1) is 17.5. The number of anilines is 1. The van der Waals surface area contributed by atoms with E-state index in [0.29, 0.717) is 29.4 Å². The van der Waals surface area contributed by atoms with Crippen LogP contribution in [0.2, 0.25) is 0 Å². The second kappa shape index (κ2) is 12.0. The topological polar surface area (TPSA) is 54.9 Å². The molecular formula is C29H33N3O3S. The molecule has 188 valence electrons. The van der Waals surface area contributed by atoms with Crippen LogP contribution in [0.3, 0.4) is 0 Å². The van der Waals surface area contributed by atoms with E-state index >= 15 is 0 Å². The number of fused-ring (bicyclic) bond motifs is 1. The smallest absolute Gasteiger partial charge is 0.229 e. The van der Waals surface area contributed by atoms with Gasteiger partial charge in [-0.2, -0.15) is 0 Å². The van der Waals surface area contributed by atoms with Gasteiger partial charge in [-0.05, 0) is 50.3 Å². The highest BCUT2D eigenvalue weighted by atomic mass is 32.1. The standard InChI is InChI=1S/C29H33N3O3S/c1-31(2)18-11-19-32(29-30-27-24(34-3)16-17-25(35-4)28(27)36-29)26(33)20-23(21-12-7-5-8-13-21)22-14-9-6-10-15-22/h5-10,12-17,23H,11,18-20H2,1-4H3. The third-order valence-electron chi connectivity index (χ3n) is 6.20. The first-order valence-electron chi connectivity index (χ1n) is 12.1. The van der Waals surface area contributed by atoms with Crippen LogP contribution in [-0.4, -0.2) is 57.2 Å². The highest BCUT2D eigenvalue weighted by Gasteiger charge is 2.26. The summed E-state index contributed by atoms with van der Waals surface area (Å²) in [6.07, 6.45) is 1.18. The number of carbonyl (C=O) groups is 1. The Labute approximate surface area is 217 Å². The number of aromatic nitrogens is 1. The van der Waals surface area contributed by atoms with Crippen LogP contribution >= 0.6 is 11.3 Å². The zero-order valence-electron chi connectivity index (χ0n) is 21.3. The molecule has 0 aliphatic carbocycles. The van der Waals surface area contributed by atoms with Crippen LogP contribution in [0.1, 0.15) is 29.9 Å². The number of nitrogens with zero attached hydrogens (tertiary/aromatic N) is 3. The van der Waals surface area contributed by atoms with E-state index in [0.717, 1.165) is 34.5 Å². The van der Waals surface area contributed by atoms with Crippen LogP contribution < -0.4 is 14.4 Å². The molecule has 4 rings (SSSR count). The Bertz CT molecular complexity index is 1190. The maximum Gasteiger partial charge on any atom is 0.229 e. The van der Waals surface area contributed by atoms with E-state index in [2.05, 4.69) is 29.2 Å². The van der Waals surface area contributed by atoms with Gasteiger partial charge in [0.1, 0.15) is 21.7 Å². The number of ether oxygens (including phenoxy) is 2. The quantitative estimate of drug-likeness (QED) is 0.258. The summed E-state index contributed by atoms with van der Waals surface area (Å²) in [6, 6.07) is 24.2. The van der Waals surface area contributed by atoms with E-state index in [4.69, 9.17) is 14.5 Å². The minimum atomic E-state index is -0.0466. The van der Waals surface area contributed by atoms with Crippen LogP contribution in [0.15, 0.2) is 72.8 Å². The number of benzene rings is 3. The maximum absolute atomic E-state index is 14.0. The number of rotatable bonds is 11. The summed E-state index contributed by atoms with van der Waals surface area (Å²) in [5.41, 5.74) is 2.96. The second-order valence-electron chi connectivity index (χ2n) is 8.92. The fraction of sp³-hybridized carbons (Fsp3) is 0.310.